The Balaban J connectivity index is 1.90. The molecule has 0 radical (unpaired) electrons. The summed E-state index contributed by atoms with van der Waals surface area (Å²) in [5, 5.41) is 8.82. The van der Waals surface area contributed by atoms with Crippen molar-refractivity contribution in [3.8, 4) is 0 Å². The number of halogens is 1. The molecule has 1 atom stereocenters. The highest BCUT2D eigenvalue weighted by Gasteiger charge is 2.34. The van der Waals surface area contributed by atoms with E-state index in [9.17, 15) is 14.0 Å². The lowest BCUT2D eigenvalue weighted by molar-refractivity contribution is -0.133. The van der Waals surface area contributed by atoms with Crippen LogP contribution in [0.15, 0.2) is 47.6 Å². The van der Waals surface area contributed by atoms with E-state index in [1.807, 2.05) is 32.9 Å². The fraction of sp³-hybridized carbons (Fsp3) is 0.400. The zero-order valence-corrected chi connectivity index (χ0v) is 19.6. The van der Waals surface area contributed by atoms with E-state index in [4.69, 9.17) is 4.74 Å². The molecule has 0 spiro atoms. The van der Waals surface area contributed by atoms with E-state index in [1.54, 1.807) is 19.2 Å². The summed E-state index contributed by atoms with van der Waals surface area (Å²) >= 11 is 0. The fourth-order valence-electron chi connectivity index (χ4n) is 3.73. The van der Waals surface area contributed by atoms with Gasteiger partial charge in [0, 0.05) is 26.6 Å². The Bertz CT molecular complexity index is 1020. The number of hydrogen-bond donors (Lipinski definition) is 1. The quantitative estimate of drug-likeness (QED) is 0.659. The van der Waals surface area contributed by atoms with Crippen molar-refractivity contribution in [2.45, 2.75) is 33.2 Å². The molecule has 0 saturated carbocycles. The molecule has 3 rings (SSSR count). The average molecular weight is 455 g/mol. The summed E-state index contributed by atoms with van der Waals surface area (Å²) in [6, 6.07) is 11.5. The Kier molecular flexibility index (Phi) is 8.16. The van der Waals surface area contributed by atoms with Crippen molar-refractivity contribution in [1.82, 2.24) is 15.2 Å². The van der Waals surface area contributed by atoms with Crippen molar-refractivity contribution in [2.75, 3.05) is 33.4 Å². The smallest absolute Gasteiger partial charge is 0.317 e. The highest BCUT2D eigenvalue weighted by molar-refractivity contribution is 6.03. The summed E-state index contributed by atoms with van der Waals surface area (Å²) in [6.07, 6.45) is 0.499. The van der Waals surface area contributed by atoms with Gasteiger partial charge in [0.1, 0.15) is 12.4 Å². The number of rotatable bonds is 8. The molecule has 0 aliphatic carbocycles. The summed E-state index contributed by atoms with van der Waals surface area (Å²) in [5.41, 5.74) is 4.83. The number of benzene rings is 2. The molecule has 1 aliphatic heterocycles. The van der Waals surface area contributed by atoms with E-state index in [-0.39, 0.29) is 36.9 Å². The van der Waals surface area contributed by atoms with Crippen LogP contribution >= 0.6 is 0 Å². The Morgan fingerprint density at radius 1 is 1.18 bits per heavy atom. The van der Waals surface area contributed by atoms with Crippen molar-refractivity contribution in [3.63, 3.8) is 0 Å². The van der Waals surface area contributed by atoms with Crippen molar-refractivity contribution in [2.24, 2.45) is 5.10 Å². The van der Waals surface area contributed by atoms with Crippen LogP contribution in [0.4, 0.5) is 9.18 Å². The Morgan fingerprint density at radius 3 is 2.55 bits per heavy atom. The third-order valence-electron chi connectivity index (χ3n) is 5.77. The Labute approximate surface area is 194 Å². The molecular formula is C25H31FN4O3. The van der Waals surface area contributed by atoms with Gasteiger partial charge in [0.05, 0.1) is 18.4 Å². The number of amides is 3. The van der Waals surface area contributed by atoms with Crippen molar-refractivity contribution in [1.29, 1.82) is 0 Å². The van der Waals surface area contributed by atoms with E-state index < -0.39 is 0 Å². The number of nitrogens with zero attached hydrogens (tertiary/aromatic N) is 3. The first-order chi connectivity index (χ1) is 15.8. The second kappa shape index (κ2) is 11.0. The van der Waals surface area contributed by atoms with Gasteiger partial charge in [0.15, 0.2) is 0 Å². The minimum Gasteiger partial charge on any atom is -0.383 e. The van der Waals surface area contributed by atoms with E-state index in [1.165, 1.54) is 27.6 Å². The zero-order valence-electron chi connectivity index (χ0n) is 19.6. The van der Waals surface area contributed by atoms with E-state index in [2.05, 4.69) is 16.5 Å². The van der Waals surface area contributed by atoms with Crippen LogP contribution in [0.2, 0.25) is 0 Å². The highest BCUT2D eigenvalue weighted by Crippen LogP contribution is 2.33. The fourth-order valence-corrected chi connectivity index (χ4v) is 3.73. The molecule has 0 fully saturated rings. The molecule has 7 nitrogen and oxygen atoms in total. The van der Waals surface area contributed by atoms with Crippen LogP contribution in [0.25, 0.3) is 0 Å². The van der Waals surface area contributed by atoms with Crippen molar-refractivity contribution in [3.05, 3.63) is 70.5 Å². The molecular weight excluding hydrogens is 423 g/mol. The first-order valence-electron chi connectivity index (χ1n) is 11.1. The topological polar surface area (TPSA) is 74.2 Å². The molecule has 2 aromatic carbocycles. The van der Waals surface area contributed by atoms with Gasteiger partial charge in [-0.15, -0.1) is 0 Å². The lowest BCUT2D eigenvalue weighted by Crippen LogP contribution is -2.47. The van der Waals surface area contributed by atoms with Gasteiger partial charge < -0.3 is 15.0 Å². The number of carbonyl (C=O) groups excluding carboxylic acids is 2. The predicted molar refractivity (Wildman–Crippen MR) is 126 cm³/mol. The second-order valence-electron chi connectivity index (χ2n) is 8.11. The molecule has 3 amide bonds. The standard InChI is InChI=1S/C25H31FN4O3/c1-5-27-25(32)29(12-13-33-4)16-24(31)30-23(19-8-10-21(26)11-9-19)15-22(28-30)20-7-6-17(2)18(3)14-20/h6-11,14,23H,5,12-13,15-16H2,1-4H3,(H,27,32)/t23-/m0/s1. The van der Waals surface area contributed by atoms with Crippen LogP contribution in [-0.4, -0.2) is 60.9 Å². The van der Waals surface area contributed by atoms with Crippen molar-refractivity contribution < 1.29 is 18.7 Å². The third kappa shape index (κ3) is 5.96. The first kappa shape index (κ1) is 24.4. The predicted octanol–water partition coefficient (Wildman–Crippen LogP) is 3.80. The van der Waals surface area contributed by atoms with Crippen LogP contribution in [0.5, 0.6) is 0 Å². The summed E-state index contributed by atoms with van der Waals surface area (Å²) in [6.45, 7) is 6.79. The maximum Gasteiger partial charge on any atom is 0.317 e. The average Bonchev–Trinajstić information content (AvgIpc) is 3.24. The van der Waals surface area contributed by atoms with Crippen LogP contribution in [-0.2, 0) is 9.53 Å². The van der Waals surface area contributed by atoms with E-state index in [0.29, 0.717) is 19.6 Å². The molecule has 1 heterocycles. The van der Waals surface area contributed by atoms with Gasteiger partial charge in [-0.3, -0.25) is 4.79 Å². The maximum absolute atomic E-state index is 13.5. The van der Waals surface area contributed by atoms with Gasteiger partial charge in [-0.2, -0.15) is 5.10 Å². The highest BCUT2D eigenvalue weighted by atomic mass is 19.1. The molecule has 176 valence electrons. The van der Waals surface area contributed by atoms with E-state index in [0.717, 1.165) is 22.4 Å². The molecule has 0 unspecified atom stereocenters. The summed E-state index contributed by atoms with van der Waals surface area (Å²) in [7, 11) is 1.54. The molecule has 2 aromatic rings. The SMILES string of the molecule is CCNC(=O)N(CCOC)CC(=O)N1N=C(c2ccc(C)c(C)c2)C[C@H]1c1ccc(F)cc1. The lowest BCUT2D eigenvalue weighted by Gasteiger charge is -2.27. The maximum atomic E-state index is 13.5. The van der Waals surface area contributed by atoms with E-state index >= 15 is 0 Å². The van der Waals surface area contributed by atoms with Gasteiger partial charge in [-0.25, -0.2) is 14.2 Å². The molecule has 0 bridgehead atoms. The van der Waals surface area contributed by atoms with Gasteiger partial charge in [-0.1, -0.05) is 24.3 Å². The Hall–Kier alpha value is -3.26. The number of hydrogen-bond acceptors (Lipinski definition) is 4. The number of aryl methyl sites for hydroxylation is 2. The largest absolute Gasteiger partial charge is 0.383 e. The lowest BCUT2D eigenvalue weighted by atomic mass is 9.96. The minimum absolute atomic E-state index is 0.142. The monoisotopic (exact) mass is 454 g/mol. The molecule has 33 heavy (non-hydrogen) atoms. The first-order valence-corrected chi connectivity index (χ1v) is 11.1. The molecule has 1 aliphatic rings. The van der Waals surface area contributed by atoms with Gasteiger partial charge in [-0.05, 0) is 61.2 Å². The van der Waals surface area contributed by atoms with Gasteiger partial charge >= 0.3 is 6.03 Å². The summed E-state index contributed by atoms with van der Waals surface area (Å²) in [5.74, 6) is -0.655. The number of carbonyl (C=O) groups is 2. The summed E-state index contributed by atoms with van der Waals surface area (Å²) in [4.78, 5) is 27.2. The van der Waals surface area contributed by atoms with Crippen LogP contribution < -0.4 is 5.32 Å². The van der Waals surface area contributed by atoms with Crippen LogP contribution in [0.3, 0.4) is 0 Å². The summed E-state index contributed by atoms with van der Waals surface area (Å²) < 4.78 is 18.6. The third-order valence-corrected chi connectivity index (χ3v) is 5.77. The number of methoxy groups -OCH3 is 1. The zero-order chi connectivity index (χ0) is 24.0. The number of ether oxygens (including phenoxy) is 1. The second-order valence-corrected chi connectivity index (χ2v) is 8.11. The molecule has 0 aromatic heterocycles. The normalized spacial score (nSPS) is 15.4. The van der Waals surface area contributed by atoms with Crippen LogP contribution in [0.1, 0.15) is 41.6 Å². The Morgan fingerprint density at radius 2 is 1.91 bits per heavy atom. The molecule has 1 N–H and O–H groups in total. The van der Waals surface area contributed by atoms with Gasteiger partial charge in [0.25, 0.3) is 5.91 Å². The molecule has 0 saturated heterocycles. The van der Waals surface area contributed by atoms with Gasteiger partial charge in [0.2, 0.25) is 0 Å². The number of nitrogens with one attached hydrogen (secondary N) is 1. The van der Waals surface area contributed by atoms with Crippen LogP contribution in [0, 0.1) is 19.7 Å². The minimum atomic E-state index is -0.381. The van der Waals surface area contributed by atoms with Crippen molar-refractivity contribution >= 4 is 17.6 Å². The number of hydrazone groups is 1. The number of urea groups is 1. The molecule has 8 heteroatoms.